The molecule has 3 rings (SSSR count). The summed E-state index contributed by atoms with van der Waals surface area (Å²) in [6.07, 6.45) is 1.31. The number of ether oxygens (including phenoxy) is 1. The van der Waals surface area contributed by atoms with E-state index in [1.165, 1.54) is 0 Å². The lowest BCUT2D eigenvalue weighted by Gasteiger charge is -2.53. The molecular formula is C33H51N7O7. The van der Waals surface area contributed by atoms with Gasteiger partial charge in [0.2, 0.25) is 23.6 Å². The maximum absolute atomic E-state index is 13.1. The van der Waals surface area contributed by atoms with Crippen molar-refractivity contribution < 1.29 is 33.5 Å². The van der Waals surface area contributed by atoms with Crippen LogP contribution in [-0.2, 0) is 30.3 Å². The molecule has 14 nitrogen and oxygen atoms in total. The summed E-state index contributed by atoms with van der Waals surface area (Å²) in [5, 5.41) is 13.1. The van der Waals surface area contributed by atoms with Crippen molar-refractivity contribution in [2.45, 2.75) is 78.0 Å². The van der Waals surface area contributed by atoms with Crippen molar-refractivity contribution in [3.63, 3.8) is 0 Å². The summed E-state index contributed by atoms with van der Waals surface area (Å²) in [5.41, 5.74) is 0.0800. The lowest BCUT2D eigenvalue weighted by Crippen LogP contribution is -2.64. The zero-order valence-corrected chi connectivity index (χ0v) is 28.4. The summed E-state index contributed by atoms with van der Waals surface area (Å²) in [6, 6.07) is 7.10. The molecule has 47 heavy (non-hydrogen) atoms. The van der Waals surface area contributed by atoms with Gasteiger partial charge in [-0.15, -0.1) is 0 Å². The second-order valence-corrected chi connectivity index (χ2v) is 13.9. The number of carbonyl (C=O) groups excluding carboxylic acids is 6. The Hall–Kier alpha value is -4.36. The Morgan fingerprint density at radius 1 is 0.851 bits per heavy atom. The summed E-state index contributed by atoms with van der Waals surface area (Å²) in [4.78, 5) is 79.7. The van der Waals surface area contributed by atoms with Gasteiger partial charge in [0.05, 0.1) is 13.1 Å². The van der Waals surface area contributed by atoms with Gasteiger partial charge in [0.1, 0.15) is 17.7 Å². The first kappa shape index (κ1) is 37.1. The summed E-state index contributed by atoms with van der Waals surface area (Å²) >= 11 is 0. The maximum Gasteiger partial charge on any atom is 0.408 e. The molecule has 5 N–H and O–H groups in total. The molecule has 1 aromatic carbocycles. The topological polar surface area (TPSA) is 178 Å². The number of alkyl carbamates (subject to hydrolysis) is 1. The van der Waals surface area contributed by atoms with Crippen molar-refractivity contribution >= 4 is 35.8 Å². The number of urea groups is 1. The van der Waals surface area contributed by atoms with Gasteiger partial charge in [0.15, 0.2) is 0 Å². The van der Waals surface area contributed by atoms with E-state index >= 15 is 0 Å². The molecule has 2 aliphatic heterocycles. The van der Waals surface area contributed by atoms with Crippen molar-refractivity contribution in [1.82, 2.24) is 36.4 Å². The highest BCUT2D eigenvalue weighted by molar-refractivity contribution is 5.93. The predicted octanol–water partition coefficient (Wildman–Crippen LogP) is 1.15. The molecule has 2 saturated heterocycles. The zero-order chi connectivity index (χ0) is 34.8. The van der Waals surface area contributed by atoms with E-state index in [9.17, 15) is 28.8 Å². The van der Waals surface area contributed by atoms with Crippen molar-refractivity contribution in [2.24, 2.45) is 11.3 Å². The van der Waals surface area contributed by atoms with Gasteiger partial charge in [-0.2, -0.15) is 0 Å². The lowest BCUT2D eigenvalue weighted by atomic mass is 9.72. The van der Waals surface area contributed by atoms with Crippen LogP contribution in [0.4, 0.5) is 9.59 Å². The van der Waals surface area contributed by atoms with E-state index in [2.05, 4.69) is 26.6 Å². The van der Waals surface area contributed by atoms with E-state index in [1.807, 2.05) is 44.2 Å². The van der Waals surface area contributed by atoms with Crippen molar-refractivity contribution in [1.29, 1.82) is 0 Å². The normalized spacial score (nSPS) is 16.7. The third kappa shape index (κ3) is 11.7. The van der Waals surface area contributed by atoms with Gasteiger partial charge in [-0.1, -0.05) is 44.2 Å². The number of nitrogens with zero attached hydrogens (tertiary/aromatic N) is 2. The van der Waals surface area contributed by atoms with Crippen LogP contribution in [-0.4, -0.2) is 110 Å². The standard InChI is InChI=1S/C33H51N7O7/c1-22(2)16-24(28(43)36-19-27(42)39-14-12-33(13-15-39)20-40(21-33)30(45)34-6)37-26(41)18-35-29(44)25(17-23-10-8-7-9-11-23)38-31(46)47-32(3,4)5/h7-11,22,24-25H,12-21H2,1-6H3,(H,34,45)(H,35,44)(H,36,43)(H,37,41)(H,38,46). The first-order chi connectivity index (χ1) is 22.1. The van der Waals surface area contributed by atoms with Crippen LogP contribution in [0.3, 0.4) is 0 Å². The highest BCUT2D eigenvalue weighted by atomic mass is 16.6. The van der Waals surface area contributed by atoms with Gasteiger partial charge in [-0.25, -0.2) is 9.59 Å². The van der Waals surface area contributed by atoms with Crippen LogP contribution in [0, 0.1) is 11.3 Å². The number of piperidine rings is 1. The Kier molecular flexibility index (Phi) is 13.0. The Morgan fingerprint density at radius 2 is 1.45 bits per heavy atom. The minimum absolute atomic E-state index is 0.0436. The minimum atomic E-state index is -1.01. The number of likely N-dealkylation sites (tertiary alicyclic amines) is 2. The van der Waals surface area contributed by atoms with E-state index in [0.29, 0.717) is 32.6 Å². The molecule has 0 saturated carbocycles. The van der Waals surface area contributed by atoms with Crippen molar-refractivity contribution in [3.05, 3.63) is 35.9 Å². The smallest absolute Gasteiger partial charge is 0.408 e. The van der Waals surface area contributed by atoms with Crippen LogP contribution in [0.1, 0.15) is 59.4 Å². The molecule has 2 aliphatic rings. The quantitative estimate of drug-likeness (QED) is 0.224. The van der Waals surface area contributed by atoms with E-state index < -0.39 is 48.0 Å². The van der Waals surface area contributed by atoms with Crippen LogP contribution < -0.4 is 26.6 Å². The fourth-order valence-electron chi connectivity index (χ4n) is 5.76. The molecular weight excluding hydrogens is 606 g/mol. The van der Waals surface area contributed by atoms with Gasteiger partial charge >= 0.3 is 12.1 Å². The number of hydrogen-bond acceptors (Lipinski definition) is 7. The molecule has 0 bridgehead atoms. The highest BCUT2D eigenvalue weighted by Crippen LogP contribution is 2.40. The monoisotopic (exact) mass is 657 g/mol. The van der Waals surface area contributed by atoms with Gasteiger partial charge in [0.25, 0.3) is 0 Å². The molecule has 2 atom stereocenters. The van der Waals surface area contributed by atoms with E-state index in [0.717, 1.165) is 18.4 Å². The van der Waals surface area contributed by atoms with E-state index in [1.54, 1.807) is 37.6 Å². The SMILES string of the molecule is CNC(=O)N1CC2(CCN(C(=O)CNC(=O)C(CC(C)C)NC(=O)CNC(=O)C(Cc3ccccc3)NC(=O)OC(C)(C)C)CC2)C1. The van der Waals surface area contributed by atoms with Gasteiger partial charge < -0.3 is 41.1 Å². The van der Waals surface area contributed by atoms with Gasteiger partial charge in [-0.05, 0) is 51.5 Å². The van der Waals surface area contributed by atoms with Crippen molar-refractivity contribution in [3.8, 4) is 0 Å². The van der Waals surface area contributed by atoms with Gasteiger partial charge in [-0.3, -0.25) is 19.2 Å². The molecule has 1 spiro atoms. The number of amides is 7. The van der Waals surface area contributed by atoms with Crippen LogP contribution in [0.5, 0.6) is 0 Å². The molecule has 2 heterocycles. The number of nitrogens with one attached hydrogen (secondary N) is 5. The molecule has 14 heteroatoms. The largest absolute Gasteiger partial charge is 0.444 e. The Balaban J connectivity index is 1.49. The molecule has 0 aromatic heterocycles. The molecule has 260 valence electrons. The second-order valence-electron chi connectivity index (χ2n) is 13.9. The Labute approximate surface area is 277 Å². The Morgan fingerprint density at radius 3 is 2.02 bits per heavy atom. The molecule has 1 aromatic rings. The lowest BCUT2D eigenvalue weighted by molar-refractivity contribution is -0.137. The molecule has 0 radical (unpaired) electrons. The fraction of sp³-hybridized carbons (Fsp3) is 0.636. The average Bonchev–Trinajstić information content (AvgIpc) is 2.99. The van der Waals surface area contributed by atoms with Crippen LogP contribution >= 0.6 is 0 Å². The first-order valence-electron chi connectivity index (χ1n) is 16.2. The molecule has 0 aliphatic carbocycles. The number of rotatable bonds is 12. The third-order valence-corrected chi connectivity index (χ3v) is 8.22. The van der Waals surface area contributed by atoms with Crippen LogP contribution in [0.2, 0.25) is 0 Å². The number of carbonyl (C=O) groups is 6. The van der Waals surface area contributed by atoms with Gasteiger partial charge in [0, 0.05) is 45.1 Å². The second kappa shape index (κ2) is 16.5. The average molecular weight is 658 g/mol. The summed E-state index contributed by atoms with van der Waals surface area (Å²) in [5.74, 6) is -1.82. The fourth-order valence-corrected chi connectivity index (χ4v) is 5.76. The first-order valence-corrected chi connectivity index (χ1v) is 16.2. The minimum Gasteiger partial charge on any atom is -0.444 e. The molecule has 2 unspecified atom stereocenters. The predicted molar refractivity (Wildman–Crippen MR) is 175 cm³/mol. The number of benzene rings is 1. The van der Waals surface area contributed by atoms with E-state index in [4.69, 9.17) is 4.74 Å². The van der Waals surface area contributed by atoms with E-state index in [-0.39, 0.29) is 36.2 Å². The molecule has 2 fully saturated rings. The van der Waals surface area contributed by atoms with Crippen molar-refractivity contribution in [2.75, 3.05) is 46.3 Å². The summed E-state index contributed by atoms with van der Waals surface area (Å²) in [6.45, 7) is 10.8. The highest BCUT2D eigenvalue weighted by Gasteiger charge is 2.47. The molecule has 7 amide bonds. The summed E-state index contributed by atoms with van der Waals surface area (Å²) in [7, 11) is 1.61. The van der Waals surface area contributed by atoms with Crippen LogP contribution in [0.15, 0.2) is 30.3 Å². The maximum atomic E-state index is 13.1. The number of hydrogen-bond donors (Lipinski definition) is 5. The van der Waals surface area contributed by atoms with Crippen LogP contribution in [0.25, 0.3) is 0 Å². The zero-order valence-electron chi connectivity index (χ0n) is 28.4. The third-order valence-electron chi connectivity index (χ3n) is 8.22. The summed E-state index contributed by atoms with van der Waals surface area (Å²) < 4.78 is 5.31. The Bertz CT molecular complexity index is 1270.